The number of carbonyl (C=O) groups excluding carboxylic acids is 1. The zero-order chi connectivity index (χ0) is 15.0. The van der Waals surface area contributed by atoms with Crippen molar-refractivity contribution in [1.29, 1.82) is 0 Å². The molecule has 0 fully saturated rings. The Morgan fingerprint density at radius 2 is 2.00 bits per heavy atom. The molecule has 1 aromatic rings. The molecule has 0 bridgehead atoms. The van der Waals surface area contributed by atoms with E-state index in [0.29, 0.717) is 5.56 Å². The van der Waals surface area contributed by atoms with Gasteiger partial charge in [-0.25, -0.2) is 13.1 Å². The fourth-order valence-corrected chi connectivity index (χ4v) is 3.21. The molecule has 0 aliphatic rings. The van der Waals surface area contributed by atoms with E-state index < -0.39 is 22.0 Å². The van der Waals surface area contributed by atoms with Crippen LogP contribution in [0, 0.1) is 0 Å². The first-order valence-corrected chi connectivity index (χ1v) is 8.43. The summed E-state index contributed by atoms with van der Waals surface area (Å²) in [6, 6.07) is 7.79. The third-order valence-electron chi connectivity index (χ3n) is 2.49. The number of hydrogen-bond donors (Lipinski definition) is 1. The van der Waals surface area contributed by atoms with Gasteiger partial charge in [-0.3, -0.25) is 4.79 Å². The van der Waals surface area contributed by atoms with Crippen molar-refractivity contribution >= 4 is 27.6 Å². The number of benzene rings is 1. The minimum atomic E-state index is -3.63. The number of nitrogens with one attached hydrogen (secondary N) is 1. The van der Waals surface area contributed by atoms with Crippen LogP contribution in [0.25, 0.3) is 0 Å². The molecule has 112 valence electrons. The lowest BCUT2D eigenvalue weighted by atomic mass is 10.2. The van der Waals surface area contributed by atoms with Crippen LogP contribution in [0.4, 0.5) is 0 Å². The Balaban J connectivity index is 2.73. The summed E-state index contributed by atoms with van der Waals surface area (Å²) in [5.41, 5.74) is 0.647. The van der Waals surface area contributed by atoms with Crippen molar-refractivity contribution in [2.24, 2.45) is 0 Å². The topological polar surface area (TPSA) is 72.5 Å². The number of halogens is 1. The third-order valence-corrected chi connectivity index (χ3v) is 4.07. The largest absolute Gasteiger partial charge is 0.465 e. The molecule has 1 aromatic carbocycles. The van der Waals surface area contributed by atoms with E-state index in [1.165, 1.54) is 0 Å². The van der Waals surface area contributed by atoms with Crippen LogP contribution in [0.1, 0.15) is 18.9 Å². The highest BCUT2D eigenvalue weighted by Gasteiger charge is 2.25. The summed E-state index contributed by atoms with van der Waals surface area (Å²) in [6.45, 7) is 1.85. The standard InChI is InChI=1S/C13H18ClNO4S/c1-2-19-13(16)12(8-9-14)15-20(17,18)10-11-6-4-3-5-7-11/h3-7,12,15H,2,8-10H2,1H3/t12-/m1/s1. The van der Waals surface area contributed by atoms with Gasteiger partial charge in [-0.2, -0.15) is 0 Å². The van der Waals surface area contributed by atoms with Crippen LogP contribution in [0.2, 0.25) is 0 Å². The minimum Gasteiger partial charge on any atom is -0.465 e. The van der Waals surface area contributed by atoms with Gasteiger partial charge in [0, 0.05) is 5.88 Å². The van der Waals surface area contributed by atoms with Crippen LogP contribution < -0.4 is 4.72 Å². The van der Waals surface area contributed by atoms with E-state index in [9.17, 15) is 13.2 Å². The molecular formula is C13H18ClNO4S. The van der Waals surface area contributed by atoms with Gasteiger partial charge < -0.3 is 4.74 Å². The van der Waals surface area contributed by atoms with Crippen molar-refractivity contribution in [3.63, 3.8) is 0 Å². The first-order chi connectivity index (χ1) is 9.48. The Kier molecular flexibility index (Phi) is 6.98. The quantitative estimate of drug-likeness (QED) is 0.584. The molecule has 0 saturated heterocycles. The molecule has 0 aliphatic heterocycles. The zero-order valence-corrected chi connectivity index (χ0v) is 12.8. The molecule has 0 radical (unpaired) electrons. The van der Waals surface area contributed by atoms with Crippen LogP contribution in [-0.2, 0) is 25.3 Å². The molecule has 0 unspecified atom stereocenters. The molecule has 0 heterocycles. The van der Waals surface area contributed by atoms with Crippen LogP contribution in [0.3, 0.4) is 0 Å². The Labute approximate surface area is 124 Å². The highest BCUT2D eigenvalue weighted by molar-refractivity contribution is 7.88. The second kappa shape index (κ2) is 8.24. The lowest BCUT2D eigenvalue weighted by molar-refractivity contribution is -0.145. The number of esters is 1. The van der Waals surface area contributed by atoms with E-state index in [1.54, 1.807) is 37.3 Å². The Hall–Kier alpha value is -1.11. The fourth-order valence-electron chi connectivity index (χ4n) is 1.63. The van der Waals surface area contributed by atoms with Gasteiger partial charge >= 0.3 is 5.97 Å². The van der Waals surface area contributed by atoms with Gasteiger partial charge in [0.1, 0.15) is 6.04 Å². The maximum Gasteiger partial charge on any atom is 0.324 e. The molecular weight excluding hydrogens is 302 g/mol. The van der Waals surface area contributed by atoms with Crippen LogP contribution >= 0.6 is 11.6 Å². The molecule has 0 aliphatic carbocycles. The Morgan fingerprint density at radius 3 is 2.55 bits per heavy atom. The van der Waals surface area contributed by atoms with Crippen molar-refractivity contribution in [3.05, 3.63) is 35.9 Å². The van der Waals surface area contributed by atoms with E-state index in [-0.39, 0.29) is 24.7 Å². The molecule has 1 atom stereocenters. The average Bonchev–Trinajstić information content (AvgIpc) is 2.39. The average molecular weight is 320 g/mol. The van der Waals surface area contributed by atoms with E-state index in [0.717, 1.165) is 0 Å². The number of carbonyl (C=O) groups is 1. The van der Waals surface area contributed by atoms with Gasteiger partial charge in [-0.05, 0) is 18.9 Å². The van der Waals surface area contributed by atoms with Crippen molar-refractivity contribution in [2.45, 2.75) is 25.1 Å². The minimum absolute atomic E-state index is 0.164. The smallest absolute Gasteiger partial charge is 0.324 e. The van der Waals surface area contributed by atoms with Crippen LogP contribution in [0.5, 0.6) is 0 Å². The third kappa shape index (κ3) is 5.90. The first-order valence-electron chi connectivity index (χ1n) is 6.25. The fraction of sp³-hybridized carbons (Fsp3) is 0.462. The second-order valence-corrected chi connectivity index (χ2v) is 6.28. The summed E-state index contributed by atoms with van der Waals surface area (Å²) in [5.74, 6) is -0.631. The molecule has 7 heteroatoms. The molecule has 1 rings (SSSR count). The van der Waals surface area contributed by atoms with Gasteiger partial charge in [0.2, 0.25) is 10.0 Å². The molecule has 0 aromatic heterocycles. The highest BCUT2D eigenvalue weighted by atomic mass is 35.5. The summed E-state index contributed by atoms with van der Waals surface area (Å²) in [4.78, 5) is 11.7. The molecule has 20 heavy (non-hydrogen) atoms. The van der Waals surface area contributed by atoms with E-state index in [2.05, 4.69) is 4.72 Å². The van der Waals surface area contributed by atoms with Gasteiger partial charge in [-0.15, -0.1) is 11.6 Å². The predicted octanol–water partition coefficient (Wildman–Crippen LogP) is 1.67. The number of rotatable bonds is 8. The molecule has 0 saturated carbocycles. The van der Waals surface area contributed by atoms with Gasteiger partial charge in [0.25, 0.3) is 0 Å². The lowest BCUT2D eigenvalue weighted by Gasteiger charge is -2.16. The SMILES string of the molecule is CCOC(=O)[C@@H](CCCl)NS(=O)(=O)Cc1ccccc1. The van der Waals surface area contributed by atoms with Crippen molar-refractivity contribution in [1.82, 2.24) is 4.72 Å². The van der Waals surface area contributed by atoms with Crippen molar-refractivity contribution in [3.8, 4) is 0 Å². The number of ether oxygens (including phenoxy) is 1. The maximum absolute atomic E-state index is 12.0. The van der Waals surface area contributed by atoms with Gasteiger partial charge in [0.15, 0.2) is 0 Å². The monoisotopic (exact) mass is 319 g/mol. The normalized spacial score (nSPS) is 12.9. The molecule has 0 amide bonds. The van der Waals surface area contributed by atoms with Crippen LogP contribution in [0.15, 0.2) is 30.3 Å². The zero-order valence-electron chi connectivity index (χ0n) is 11.2. The van der Waals surface area contributed by atoms with E-state index in [1.807, 2.05) is 0 Å². The number of alkyl halides is 1. The summed E-state index contributed by atoms with van der Waals surface area (Å²) >= 11 is 5.59. The van der Waals surface area contributed by atoms with Gasteiger partial charge in [0.05, 0.1) is 12.4 Å². The molecule has 5 nitrogen and oxygen atoms in total. The summed E-state index contributed by atoms with van der Waals surface area (Å²) in [5, 5.41) is 0. The highest BCUT2D eigenvalue weighted by Crippen LogP contribution is 2.07. The molecule has 0 spiro atoms. The van der Waals surface area contributed by atoms with Crippen LogP contribution in [-0.4, -0.2) is 32.9 Å². The Morgan fingerprint density at radius 1 is 1.35 bits per heavy atom. The number of hydrogen-bond acceptors (Lipinski definition) is 4. The Bertz CT molecular complexity index is 518. The van der Waals surface area contributed by atoms with Crippen molar-refractivity contribution < 1.29 is 17.9 Å². The second-order valence-electron chi connectivity index (χ2n) is 4.14. The molecule has 1 N–H and O–H groups in total. The number of sulfonamides is 1. The lowest BCUT2D eigenvalue weighted by Crippen LogP contribution is -2.42. The van der Waals surface area contributed by atoms with E-state index >= 15 is 0 Å². The van der Waals surface area contributed by atoms with E-state index in [4.69, 9.17) is 16.3 Å². The summed E-state index contributed by atoms with van der Waals surface area (Å²) in [6.07, 6.45) is 0.189. The van der Waals surface area contributed by atoms with Crippen molar-refractivity contribution in [2.75, 3.05) is 12.5 Å². The summed E-state index contributed by atoms with van der Waals surface area (Å²) in [7, 11) is -3.63. The van der Waals surface area contributed by atoms with Gasteiger partial charge in [-0.1, -0.05) is 30.3 Å². The summed E-state index contributed by atoms with van der Waals surface area (Å²) < 4.78 is 31.2. The predicted molar refractivity (Wildman–Crippen MR) is 78.0 cm³/mol. The maximum atomic E-state index is 12.0. The first kappa shape index (κ1) is 16.9.